The molecule has 1 aromatic carbocycles. The minimum Gasteiger partial charge on any atom is -0.409 e. The Bertz CT molecular complexity index is 392. The van der Waals surface area contributed by atoms with Crippen LogP contribution in [0.1, 0.15) is 18.9 Å². The van der Waals surface area contributed by atoms with Crippen LogP contribution in [0.4, 0.5) is 5.69 Å². The lowest BCUT2D eigenvalue weighted by Gasteiger charge is -2.27. The number of amidine groups is 1. The number of oxime groups is 1. The SMILES string of the molecule is CSCCC(C)N(C)c1ccc(/C(N)=N/O)cc1. The molecule has 0 saturated carbocycles. The third-order valence-electron chi connectivity index (χ3n) is 3.08. The van der Waals surface area contributed by atoms with Crippen LogP contribution >= 0.6 is 11.8 Å². The number of benzene rings is 1. The molecule has 5 heteroatoms. The molecule has 100 valence electrons. The number of thioether (sulfide) groups is 1. The Morgan fingerprint density at radius 3 is 2.56 bits per heavy atom. The molecule has 0 heterocycles. The molecule has 4 nitrogen and oxygen atoms in total. The van der Waals surface area contributed by atoms with Crippen molar-refractivity contribution in [1.29, 1.82) is 0 Å². The zero-order valence-electron chi connectivity index (χ0n) is 11.1. The summed E-state index contributed by atoms with van der Waals surface area (Å²) in [5, 5.41) is 11.6. The van der Waals surface area contributed by atoms with Gasteiger partial charge in [0, 0.05) is 24.3 Å². The van der Waals surface area contributed by atoms with Crippen molar-refractivity contribution < 1.29 is 5.21 Å². The Kier molecular flexibility index (Phi) is 5.85. The molecular weight excluding hydrogens is 246 g/mol. The molecule has 3 N–H and O–H groups in total. The lowest BCUT2D eigenvalue weighted by molar-refractivity contribution is 0.318. The van der Waals surface area contributed by atoms with Gasteiger partial charge in [0.05, 0.1) is 0 Å². The first-order chi connectivity index (χ1) is 8.60. The van der Waals surface area contributed by atoms with E-state index in [1.165, 1.54) is 0 Å². The highest BCUT2D eigenvalue weighted by Crippen LogP contribution is 2.18. The molecule has 0 amide bonds. The molecule has 0 radical (unpaired) electrons. The summed E-state index contributed by atoms with van der Waals surface area (Å²) >= 11 is 1.87. The highest BCUT2D eigenvalue weighted by molar-refractivity contribution is 7.98. The molecule has 0 spiro atoms. The van der Waals surface area contributed by atoms with Crippen LogP contribution in [-0.4, -0.2) is 36.1 Å². The van der Waals surface area contributed by atoms with Crippen molar-refractivity contribution in [3.05, 3.63) is 29.8 Å². The summed E-state index contributed by atoms with van der Waals surface area (Å²) in [4.78, 5) is 2.24. The van der Waals surface area contributed by atoms with Gasteiger partial charge in [0.2, 0.25) is 0 Å². The first kappa shape index (κ1) is 14.7. The second-order valence-corrected chi connectivity index (χ2v) is 5.26. The van der Waals surface area contributed by atoms with Gasteiger partial charge < -0.3 is 15.8 Å². The Labute approximate surface area is 113 Å². The molecule has 1 rings (SSSR count). The average Bonchev–Trinajstić information content (AvgIpc) is 2.43. The van der Waals surface area contributed by atoms with E-state index in [0.717, 1.165) is 23.4 Å². The largest absolute Gasteiger partial charge is 0.409 e. The lowest BCUT2D eigenvalue weighted by Crippen LogP contribution is -2.29. The first-order valence-corrected chi connectivity index (χ1v) is 7.29. The van der Waals surface area contributed by atoms with E-state index in [2.05, 4.69) is 30.3 Å². The maximum absolute atomic E-state index is 8.60. The first-order valence-electron chi connectivity index (χ1n) is 5.90. The number of anilines is 1. The van der Waals surface area contributed by atoms with Crippen LogP contribution in [-0.2, 0) is 0 Å². The Morgan fingerprint density at radius 2 is 2.06 bits per heavy atom. The number of hydrogen-bond donors (Lipinski definition) is 2. The molecular formula is C13H21N3OS. The van der Waals surface area contributed by atoms with E-state index in [1.54, 1.807) is 0 Å². The number of hydrogen-bond acceptors (Lipinski definition) is 4. The molecule has 18 heavy (non-hydrogen) atoms. The Morgan fingerprint density at radius 1 is 1.44 bits per heavy atom. The monoisotopic (exact) mass is 267 g/mol. The fourth-order valence-electron chi connectivity index (χ4n) is 1.66. The van der Waals surface area contributed by atoms with Gasteiger partial charge in [0.15, 0.2) is 5.84 Å². The smallest absolute Gasteiger partial charge is 0.170 e. The van der Waals surface area contributed by atoms with E-state index < -0.39 is 0 Å². The van der Waals surface area contributed by atoms with Gasteiger partial charge in [-0.25, -0.2) is 0 Å². The summed E-state index contributed by atoms with van der Waals surface area (Å²) in [5.41, 5.74) is 7.39. The topological polar surface area (TPSA) is 61.8 Å². The summed E-state index contributed by atoms with van der Waals surface area (Å²) in [6.07, 6.45) is 3.28. The van der Waals surface area contributed by atoms with Crippen molar-refractivity contribution in [3.63, 3.8) is 0 Å². The van der Waals surface area contributed by atoms with Crippen LogP contribution in [0.5, 0.6) is 0 Å². The molecule has 1 unspecified atom stereocenters. The van der Waals surface area contributed by atoms with Crippen molar-refractivity contribution in [1.82, 2.24) is 0 Å². The quantitative estimate of drug-likeness (QED) is 0.359. The van der Waals surface area contributed by atoms with Crippen LogP contribution < -0.4 is 10.6 Å². The molecule has 0 fully saturated rings. The van der Waals surface area contributed by atoms with E-state index in [-0.39, 0.29) is 5.84 Å². The van der Waals surface area contributed by atoms with E-state index >= 15 is 0 Å². The van der Waals surface area contributed by atoms with E-state index in [9.17, 15) is 0 Å². The highest BCUT2D eigenvalue weighted by atomic mass is 32.2. The Hall–Kier alpha value is -1.36. The van der Waals surface area contributed by atoms with E-state index in [4.69, 9.17) is 10.9 Å². The van der Waals surface area contributed by atoms with Gasteiger partial charge in [-0.15, -0.1) is 0 Å². The summed E-state index contributed by atoms with van der Waals surface area (Å²) < 4.78 is 0. The molecule has 0 aliphatic rings. The van der Waals surface area contributed by atoms with Gasteiger partial charge in [-0.05, 0) is 49.6 Å². The molecule has 0 bridgehead atoms. The van der Waals surface area contributed by atoms with Crippen molar-refractivity contribution in [2.24, 2.45) is 10.9 Å². The number of nitrogens with zero attached hydrogens (tertiary/aromatic N) is 2. The molecule has 1 atom stereocenters. The summed E-state index contributed by atoms with van der Waals surface area (Å²) in [6, 6.07) is 8.20. The zero-order chi connectivity index (χ0) is 13.5. The van der Waals surface area contributed by atoms with Crippen molar-refractivity contribution in [2.45, 2.75) is 19.4 Å². The van der Waals surface area contributed by atoms with Gasteiger partial charge in [-0.3, -0.25) is 0 Å². The van der Waals surface area contributed by atoms with E-state index in [0.29, 0.717) is 6.04 Å². The summed E-state index contributed by atoms with van der Waals surface area (Å²) in [6.45, 7) is 2.22. The van der Waals surface area contributed by atoms with Gasteiger partial charge in [0.25, 0.3) is 0 Å². The third kappa shape index (κ3) is 3.84. The zero-order valence-corrected chi connectivity index (χ0v) is 11.9. The predicted octanol–water partition coefficient (Wildman–Crippen LogP) is 2.36. The molecule has 0 aliphatic carbocycles. The van der Waals surface area contributed by atoms with Crippen LogP contribution in [0.25, 0.3) is 0 Å². The predicted molar refractivity (Wildman–Crippen MR) is 79.8 cm³/mol. The second-order valence-electron chi connectivity index (χ2n) is 4.27. The minimum absolute atomic E-state index is 0.139. The fourth-order valence-corrected chi connectivity index (χ4v) is 2.24. The minimum atomic E-state index is 0.139. The maximum atomic E-state index is 8.60. The molecule has 0 saturated heterocycles. The van der Waals surface area contributed by atoms with Crippen LogP contribution in [0.2, 0.25) is 0 Å². The standard InChI is InChI=1S/C13H21N3OS/c1-10(8-9-18-3)16(2)12-6-4-11(5-7-12)13(14)15-17/h4-7,10,17H,8-9H2,1-3H3,(H2,14,15). The average molecular weight is 267 g/mol. The number of rotatable bonds is 6. The van der Waals surface area contributed by atoms with Crippen LogP contribution in [0.3, 0.4) is 0 Å². The normalized spacial score (nSPS) is 13.4. The second kappa shape index (κ2) is 7.16. The van der Waals surface area contributed by atoms with Gasteiger partial charge >= 0.3 is 0 Å². The lowest BCUT2D eigenvalue weighted by atomic mass is 10.1. The van der Waals surface area contributed by atoms with Crippen LogP contribution in [0, 0.1) is 0 Å². The third-order valence-corrected chi connectivity index (χ3v) is 3.72. The van der Waals surface area contributed by atoms with Gasteiger partial charge in [-0.1, -0.05) is 5.16 Å². The van der Waals surface area contributed by atoms with Gasteiger partial charge in [0.1, 0.15) is 0 Å². The van der Waals surface area contributed by atoms with Crippen molar-refractivity contribution in [3.8, 4) is 0 Å². The Balaban J connectivity index is 2.72. The molecule has 0 aromatic heterocycles. The summed E-state index contributed by atoms with van der Waals surface area (Å²) in [7, 11) is 2.09. The fraction of sp³-hybridized carbons (Fsp3) is 0.462. The van der Waals surface area contributed by atoms with E-state index in [1.807, 2.05) is 36.0 Å². The number of nitrogens with two attached hydrogens (primary N) is 1. The molecule has 1 aromatic rings. The van der Waals surface area contributed by atoms with Crippen molar-refractivity contribution >= 4 is 23.3 Å². The van der Waals surface area contributed by atoms with Gasteiger partial charge in [-0.2, -0.15) is 11.8 Å². The highest BCUT2D eigenvalue weighted by Gasteiger charge is 2.09. The maximum Gasteiger partial charge on any atom is 0.170 e. The van der Waals surface area contributed by atoms with Crippen LogP contribution in [0.15, 0.2) is 29.4 Å². The van der Waals surface area contributed by atoms with Crippen molar-refractivity contribution in [2.75, 3.05) is 24.0 Å². The molecule has 0 aliphatic heterocycles. The summed E-state index contributed by atoms with van der Waals surface area (Å²) in [5.74, 6) is 1.30.